The quantitative estimate of drug-likeness (QED) is 0.844. The van der Waals surface area contributed by atoms with Crippen LogP contribution in [0.25, 0.3) is 11.3 Å². The Balaban J connectivity index is 2.32. The third-order valence-electron chi connectivity index (χ3n) is 2.59. The van der Waals surface area contributed by atoms with Gasteiger partial charge in [-0.05, 0) is 30.3 Å². The van der Waals surface area contributed by atoms with Gasteiger partial charge in [-0.3, -0.25) is 0 Å². The lowest BCUT2D eigenvalue weighted by atomic mass is 10.1. The highest BCUT2D eigenvalue weighted by molar-refractivity contribution is 5.59. The lowest BCUT2D eigenvalue weighted by Gasteiger charge is -2.08. The van der Waals surface area contributed by atoms with E-state index in [0.717, 1.165) is 17.0 Å². The zero-order valence-electron chi connectivity index (χ0n) is 10.1. The number of ether oxygens (including phenoxy) is 1. The SMILES string of the molecule is COc1ccc(-c2ccnc(C(N)CO)n2)cc1. The summed E-state index contributed by atoms with van der Waals surface area (Å²) < 4.78 is 5.10. The Morgan fingerprint density at radius 2 is 2.00 bits per heavy atom. The monoisotopic (exact) mass is 245 g/mol. The van der Waals surface area contributed by atoms with Crippen LogP contribution in [-0.2, 0) is 0 Å². The number of hydrogen-bond acceptors (Lipinski definition) is 5. The fourth-order valence-corrected chi connectivity index (χ4v) is 1.56. The Morgan fingerprint density at radius 3 is 2.61 bits per heavy atom. The van der Waals surface area contributed by atoms with Crippen molar-refractivity contribution in [2.24, 2.45) is 5.73 Å². The lowest BCUT2D eigenvalue weighted by Crippen LogP contribution is -2.17. The molecule has 1 heterocycles. The fraction of sp³-hybridized carbons (Fsp3) is 0.231. The van der Waals surface area contributed by atoms with Crippen molar-refractivity contribution in [2.45, 2.75) is 6.04 Å². The first-order valence-electron chi connectivity index (χ1n) is 5.58. The van der Waals surface area contributed by atoms with E-state index in [1.54, 1.807) is 19.4 Å². The van der Waals surface area contributed by atoms with Gasteiger partial charge in [0.15, 0.2) is 0 Å². The molecule has 1 aromatic heterocycles. The molecule has 1 aromatic carbocycles. The first-order chi connectivity index (χ1) is 8.74. The minimum atomic E-state index is -0.553. The van der Waals surface area contributed by atoms with Crippen molar-refractivity contribution in [3.05, 3.63) is 42.4 Å². The molecule has 0 bridgehead atoms. The Kier molecular flexibility index (Phi) is 3.86. The van der Waals surface area contributed by atoms with Crippen LogP contribution in [0.5, 0.6) is 5.75 Å². The van der Waals surface area contributed by atoms with Crippen molar-refractivity contribution in [1.29, 1.82) is 0 Å². The Morgan fingerprint density at radius 1 is 1.28 bits per heavy atom. The molecule has 0 radical (unpaired) electrons. The number of benzene rings is 1. The van der Waals surface area contributed by atoms with Crippen molar-refractivity contribution >= 4 is 0 Å². The number of hydrogen-bond donors (Lipinski definition) is 2. The zero-order valence-corrected chi connectivity index (χ0v) is 10.1. The highest BCUT2D eigenvalue weighted by Crippen LogP contribution is 2.20. The van der Waals surface area contributed by atoms with Gasteiger partial charge >= 0.3 is 0 Å². The maximum Gasteiger partial charge on any atom is 0.147 e. The molecular weight excluding hydrogens is 230 g/mol. The van der Waals surface area contributed by atoms with Gasteiger partial charge in [-0.15, -0.1) is 0 Å². The van der Waals surface area contributed by atoms with Gasteiger partial charge < -0.3 is 15.6 Å². The molecule has 1 unspecified atom stereocenters. The average Bonchev–Trinajstić information content (AvgIpc) is 2.46. The van der Waals surface area contributed by atoms with E-state index in [9.17, 15) is 0 Å². The zero-order chi connectivity index (χ0) is 13.0. The summed E-state index contributed by atoms with van der Waals surface area (Å²) in [6.07, 6.45) is 1.64. The van der Waals surface area contributed by atoms with E-state index >= 15 is 0 Å². The van der Waals surface area contributed by atoms with Gasteiger partial charge in [0.05, 0.1) is 25.5 Å². The van der Waals surface area contributed by atoms with Gasteiger partial charge in [-0.2, -0.15) is 0 Å². The minimum absolute atomic E-state index is 0.175. The summed E-state index contributed by atoms with van der Waals surface area (Å²) in [4.78, 5) is 8.38. The minimum Gasteiger partial charge on any atom is -0.497 e. The summed E-state index contributed by atoms with van der Waals surface area (Å²) in [7, 11) is 1.62. The van der Waals surface area contributed by atoms with E-state index < -0.39 is 6.04 Å². The van der Waals surface area contributed by atoms with Crippen LogP contribution in [0.4, 0.5) is 0 Å². The van der Waals surface area contributed by atoms with Crippen molar-refractivity contribution in [2.75, 3.05) is 13.7 Å². The summed E-state index contributed by atoms with van der Waals surface area (Å²) in [6.45, 7) is -0.175. The highest BCUT2D eigenvalue weighted by Gasteiger charge is 2.09. The molecule has 0 spiro atoms. The molecule has 0 saturated carbocycles. The number of rotatable bonds is 4. The second-order valence-electron chi connectivity index (χ2n) is 3.82. The molecule has 0 aliphatic rings. The summed E-state index contributed by atoms with van der Waals surface area (Å²) in [5.41, 5.74) is 7.41. The van der Waals surface area contributed by atoms with Crippen LogP contribution in [0.2, 0.25) is 0 Å². The first kappa shape index (κ1) is 12.5. The van der Waals surface area contributed by atoms with E-state index in [0.29, 0.717) is 5.82 Å². The number of aromatic nitrogens is 2. The molecule has 18 heavy (non-hydrogen) atoms. The van der Waals surface area contributed by atoms with Crippen molar-refractivity contribution in [3.8, 4) is 17.0 Å². The summed E-state index contributed by atoms with van der Waals surface area (Å²) in [5.74, 6) is 1.23. The maximum absolute atomic E-state index is 9.00. The highest BCUT2D eigenvalue weighted by atomic mass is 16.5. The predicted molar refractivity (Wildman–Crippen MR) is 68.0 cm³/mol. The van der Waals surface area contributed by atoms with Gasteiger partial charge in [0.1, 0.15) is 11.6 Å². The predicted octanol–water partition coefficient (Wildman–Crippen LogP) is 1.14. The Bertz CT molecular complexity index is 514. The van der Waals surface area contributed by atoms with Crippen LogP contribution in [-0.4, -0.2) is 28.8 Å². The van der Waals surface area contributed by atoms with Crippen molar-refractivity contribution in [1.82, 2.24) is 9.97 Å². The lowest BCUT2D eigenvalue weighted by molar-refractivity contribution is 0.263. The molecule has 5 heteroatoms. The normalized spacial score (nSPS) is 12.2. The van der Waals surface area contributed by atoms with Crippen LogP contribution in [0.3, 0.4) is 0 Å². The molecule has 1 atom stereocenters. The third kappa shape index (κ3) is 2.64. The molecule has 94 valence electrons. The Labute approximate surface area is 105 Å². The largest absolute Gasteiger partial charge is 0.497 e. The molecule has 0 amide bonds. The van der Waals surface area contributed by atoms with Crippen LogP contribution in [0.1, 0.15) is 11.9 Å². The summed E-state index contributed by atoms with van der Waals surface area (Å²) in [6, 6.07) is 8.80. The first-order valence-corrected chi connectivity index (χ1v) is 5.58. The smallest absolute Gasteiger partial charge is 0.147 e. The molecule has 0 saturated heterocycles. The van der Waals surface area contributed by atoms with Gasteiger partial charge in [0.2, 0.25) is 0 Å². The van der Waals surface area contributed by atoms with E-state index in [4.69, 9.17) is 15.6 Å². The van der Waals surface area contributed by atoms with E-state index in [-0.39, 0.29) is 6.61 Å². The molecule has 0 aliphatic heterocycles. The fourth-order valence-electron chi connectivity index (χ4n) is 1.56. The van der Waals surface area contributed by atoms with Crippen molar-refractivity contribution < 1.29 is 9.84 Å². The molecular formula is C13H15N3O2. The van der Waals surface area contributed by atoms with E-state index in [2.05, 4.69) is 9.97 Å². The summed E-state index contributed by atoms with van der Waals surface area (Å²) >= 11 is 0. The Hall–Kier alpha value is -1.98. The molecule has 2 rings (SSSR count). The number of nitrogens with two attached hydrogens (primary N) is 1. The van der Waals surface area contributed by atoms with E-state index in [1.165, 1.54) is 0 Å². The third-order valence-corrected chi connectivity index (χ3v) is 2.59. The molecule has 0 aliphatic carbocycles. The second kappa shape index (κ2) is 5.57. The standard InChI is InChI=1S/C13H15N3O2/c1-18-10-4-2-9(3-5-10)12-6-7-15-13(16-12)11(14)8-17/h2-7,11,17H,8,14H2,1H3. The number of aliphatic hydroxyl groups excluding tert-OH is 1. The van der Waals surface area contributed by atoms with Crippen LogP contribution in [0, 0.1) is 0 Å². The maximum atomic E-state index is 9.00. The van der Waals surface area contributed by atoms with Crippen LogP contribution in [0.15, 0.2) is 36.5 Å². The number of aliphatic hydroxyl groups is 1. The van der Waals surface area contributed by atoms with Gasteiger partial charge in [0, 0.05) is 11.8 Å². The van der Waals surface area contributed by atoms with E-state index in [1.807, 2.05) is 24.3 Å². The topological polar surface area (TPSA) is 81.3 Å². The van der Waals surface area contributed by atoms with Gasteiger partial charge in [-0.1, -0.05) is 0 Å². The molecule has 5 nitrogen and oxygen atoms in total. The molecule has 3 N–H and O–H groups in total. The van der Waals surface area contributed by atoms with Crippen LogP contribution < -0.4 is 10.5 Å². The van der Waals surface area contributed by atoms with Gasteiger partial charge in [-0.25, -0.2) is 9.97 Å². The number of nitrogens with zero attached hydrogens (tertiary/aromatic N) is 2. The van der Waals surface area contributed by atoms with Crippen molar-refractivity contribution in [3.63, 3.8) is 0 Å². The van der Waals surface area contributed by atoms with Crippen LogP contribution >= 0.6 is 0 Å². The van der Waals surface area contributed by atoms with Gasteiger partial charge in [0.25, 0.3) is 0 Å². The summed E-state index contributed by atoms with van der Waals surface area (Å²) in [5, 5.41) is 9.00. The second-order valence-corrected chi connectivity index (χ2v) is 3.82. The molecule has 2 aromatic rings. The number of methoxy groups -OCH3 is 1. The average molecular weight is 245 g/mol. The molecule has 0 fully saturated rings.